The second-order valence-electron chi connectivity index (χ2n) is 8.57. The standard InChI is InChI=1S/C24H38N4O3/c1-3-25-24(27-19(2)17-31-22-11-14-30-18-22)26-16-23(29)28-12-9-21(10-13-28)15-20-7-5-4-6-8-20/h4-8,19,21-22H,3,9-18H2,1-2H3,(H2,25,26,27). The van der Waals surface area contributed by atoms with Gasteiger partial charge in [-0.1, -0.05) is 30.3 Å². The highest BCUT2D eigenvalue weighted by atomic mass is 16.5. The second-order valence-corrected chi connectivity index (χ2v) is 8.57. The largest absolute Gasteiger partial charge is 0.379 e. The molecule has 7 heteroatoms. The highest BCUT2D eigenvalue weighted by molar-refractivity contribution is 5.85. The van der Waals surface area contributed by atoms with E-state index in [4.69, 9.17) is 9.47 Å². The van der Waals surface area contributed by atoms with E-state index in [1.165, 1.54) is 5.56 Å². The molecule has 172 valence electrons. The molecule has 2 aliphatic heterocycles. The minimum absolute atomic E-state index is 0.0993. The normalized spacial score (nSPS) is 21.2. The molecule has 2 fully saturated rings. The number of benzene rings is 1. The molecule has 3 rings (SSSR count). The maximum Gasteiger partial charge on any atom is 0.244 e. The van der Waals surface area contributed by atoms with Crippen molar-refractivity contribution in [3.05, 3.63) is 35.9 Å². The lowest BCUT2D eigenvalue weighted by Crippen LogP contribution is -2.45. The van der Waals surface area contributed by atoms with Gasteiger partial charge in [-0.3, -0.25) is 4.79 Å². The molecule has 0 aromatic heterocycles. The van der Waals surface area contributed by atoms with Crippen molar-refractivity contribution in [3.8, 4) is 0 Å². The van der Waals surface area contributed by atoms with Crippen LogP contribution in [0, 0.1) is 5.92 Å². The monoisotopic (exact) mass is 430 g/mol. The molecule has 2 unspecified atom stereocenters. The van der Waals surface area contributed by atoms with Crippen LogP contribution in [0.3, 0.4) is 0 Å². The summed E-state index contributed by atoms with van der Waals surface area (Å²) in [6, 6.07) is 10.7. The quantitative estimate of drug-likeness (QED) is 0.464. The van der Waals surface area contributed by atoms with E-state index in [2.05, 4.69) is 52.9 Å². The lowest BCUT2D eigenvalue weighted by atomic mass is 9.90. The number of rotatable bonds is 9. The van der Waals surface area contributed by atoms with Crippen molar-refractivity contribution in [1.29, 1.82) is 0 Å². The van der Waals surface area contributed by atoms with Crippen molar-refractivity contribution in [2.24, 2.45) is 10.9 Å². The van der Waals surface area contributed by atoms with Crippen LogP contribution in [0.1, 0.15) is 38.7 Å². The van der Waals surface area contributed by atoms with E-state index >= 15 is 0 Å². The number of guanidine groups is 1. The first-order valence-electron chi connectivity index (χ1n) is 11.7. The molecular formula is C24H38N4O3. The van der Waals surface area contributed by atoms with Crippen LogP contribution in [0.4, 0.5) is 0 Å². The number of aliphatic imine (C=N–C) groups is 1. The Morgan fingerprint density at radius 3 is 2.71 bits per heavy atom. The summed E-state index contributed by atoms with van der Waals surface area (Å²) in [5, 5.41) is 6.56. The van der Waals surface area contributed by atoms with Crippen molar-refractivity contribution in [2.75, 3.05) is 46.0 Å². The highest BCUT2D eigenvalue weighted by Gasteiger charge is 2.23. The molecule has 0 radical (unpaired) electrons. The second kappa shape index (κ2) is 12.7. The summed E-state index contributed by atoms with van der Waals surface area (Å²) in [5.41, 5.74) is 1.39. The van der Waals surface area contributed by atoms with Crippen LogP contribution in [0.2, 0.25) is 0 Å². The van der Waals surface area contributed by atoms with Crippen molar-refractivity contribution in [1.82, 2.24) is 15.5 Å². The zero-order chi connectivity index (χ0) is 21.9. The van der Waals surface area contributed by atoms with Gasteiger partial charge in [0.15, 0.2) is 5.96 Å². The Bertz CT molecular complexity index is 683. The number of nitrogens with zero attached hydrogens (tertiary/aromatic N) is 2. The van der Waals surface area contributed by atoms with Crippen LogP contribution >= 0.6 is 0 Å². The molecule has 2 heterocycles. The van der Waals surface area contributed by atoms with Crippen molar-refractivity contribution in [3.63, 3.8) is 0 Å². The number of hydrogen-bond donors (Lipinski definition) is 2. The van der Waals surface area contributed by atoms with Crippen molar-refractivity contribution >= 4 is 11.9 Å². The molecule has 7 nitrogen and oxygen atoms in total. The number of ether oxygens (including phenoxy) is 2. The molecule has 0 spiro atoms. The highest BCUT2D eigenvalue weighted by Crippen LogP contribution is 2.21. The van der Waals surface area contributed by atoms with Gasteiger partial charge in [-0.2, -0.15) is 0 Å². The molecular weight excluding hydrogens is 392 g/mol. The van der Waals surface area contributed by atoms with E-state index in [1.54, 1.807) is 0 Å². The number of hydrogen-bond acceptors (Lipinski definition) is 4. The van der Waals surface area contributed by atoms with E-state index in [0.717, 1.165) is 51.9 Å². The smallest absolute Gasteiger partial charge is 0.244 e. The van der Waals surface area contributed by atoms with Crippen LogP contribution in [0.5, 0.6) is 0 Å². The molecule has 0 saturated carbocycles. The molecule has 31 heavy (non-hydrogen) atoms. The molecule has 0 aliphatic carbocycles. The molecule has 2 saturated heterocycles. The summed E-state index contributed by atoms with van der Waals surface area (Å²) in [7, 11) is 0. The topological polar surface area (TPSA) is 75.2 Å². The minimum Gasteiger partial charge on any atom is -0.379 e. The Kier molecular flexibility index (Phi) is 9.62. The fourth-order valence-corrected chi connectivity index (χ4v) is 4.10. The first-order chi connectivity index (χ1) is 15.1. The van der Waals surface area contributed by atoms with Crippen molar-refractivity contribution in [2.45, 2.75) is 51.7 Å². The van der Waals surface area contributed by atoms with Crippen LogP contribution < -0.4 is 10.6 Å². The van der Waals surface area contributed by atoms with Gasteiger partial charge in [-0.25, -0.2) is 4.99 Å². The van der Waals surface area contributed by atoms with Gasteiger partial charge in [0.25, 0.3) is 0 Å². The van der Waals surface area contributed by atoms with E-state index in [1.807, 2.05) is 11.8 Å². The molecule has 1 aromatic carbocycles. The Morgan fingerprint density at radius 1 is 1.26 bits per heavy atom. The zero-order valence-corrected chi connectivity index (χ0v) is 19.0. The number of likely N-dealkylation sites (tertiary alicyclic amines) is 1. The van der Waals surface area contributed by atoms with Gasteiger partial charge in [-0.05, 0) is 51.0 Å². The van der Waals surface area contributed by atoms with Crippen molar-refractivity contribution < 1.29 is 14.3 Å². The number of piperidine rings is 1. The van der Waals surface area contributed by atoms with Gasteiger partial charge in [0.1, 0.15) is 6.54 Å². The summed E-state index contributed by atoms with van der Waals surface area (Å²) in [6.07, 6.45) is 4.36. The Hall–Kier alpha value is -2.12. The fraction of sp³-hybridized carbons (Fsp3) is 0.667. The third kappa shape index (κ3) is 8.15. The summed E-state index contributed by atoms with van der Waals surface area (Å²) < 4.78 is 11.2. The van der Waals surface area contributed by atoms with E-state index in [9.17, 15) is 4.79 Å². The van der Waals surface area contributed by atoms with Crippen LogP contribution in [0.15, 0.2) is 35.3 Å². The number of nitrogens with one attached hydrogen (secondary N) is 2. The predicted molar refractivity (Wildman–Crippen MR) is 123 cm³/mol. The average molecular weight is 431 g/mol. The van der Waals surface area contributed by atoms with Gasteiger partial charge < -0.3 is 25.0 Å². The zero-order valence-electron chi connectivity index (χ0n) is 19.0. The van der Waals surface area contributed by atoms with E-state index in [-0.39, 0.29) is 24.6 Å². The summed E-state index contributed by atoms with van der Waals surface area (Å²) in [5.74, 6) is 1.41. The molecule has 0 bridgehead atoms. The van der Waals surface area contributed by atoms with Gasteiger partial charge >= 0.3 is 0 Å². The Labute approximate surface area is 186 Å². The summed E-state index contributed by atoms with van der Waals surface area (Å²) in [4.78, 5) is 19.2. The number of amides is 1. The maximum absolute atomic E-state index is 12.7. The first-order valence-corrected chi connectivity index (χ1v) is 11.7. The Morgan fingerprint density at radius 2 is 2.03 bits per heavy atom. The summed E-state index contributed by atoms with van der Waals surface area (Å²) >= 11 is 0. The van der Waals surface area contributed by atoms with Gasteiger partial charge in [0.05, 0.1) is 19.3 Å². The van der Waals surface area contributed by atoms with Gasteiger partial charge in [-0.15, -0.1) is 0 Å². The van der Waals surface area contributed by atoms with Gasteiger partial charge in [0.2, 0.25) is 5.91 Å². The Balaban J connectivity index is 1.39. The maximum atomic E-state index is 12.7. The predicted octanol–water partition coefficient (Wildman–Crippen LogP) is 2.22. The van der Waals surface area contributed by atoms with Crippen LogP contribution in [-0.2, 0) is 20.7 Å². The molecule has 2 aliphatic rings. The molecule has 1 amide bonds. The van der Waals surface area contributed by atoms with E-state index < -0.39 is 0 Å². The fourth-order valence-electron chi connectivity index (χ4n) is 4.10. The lowest BCUT2D eigenvalue weighted by Gasteiger charge is -2.32. The van der Waals surface area contributed by atoms with Crippen LogP contribution in [-0.4, -0.2) is 74.9 Å². The van der Waals surface area contributed by atoms with Gasteiger partial charge in [0, 0.05) is 32.3 Å². The third-order valence-electron chi connectivity index (χ3n) is 5.90. The third-order valence-corrected chi connectivity index (χ3v) is 5.90. The first kappa shape index (κ1) is 23.5. The molecule has 2 N–H and O–H groups in total. The molecule has 2 atom stereocenters. The average Bonchev–Trinajstić information content (AvgIpc) is 3.31. The molecule has 1 aromatic rings. The van der Waals surface area contributed by atoms with E-state index in [0.29, 0.717) is 25.1 Å². The minimum atomic E-state index is 0.0993. The lowest BCUT2D eigenvalue weighted by molar-refractivity contribution is -0.130. The number of carbonyl (C=O) groups excluding carboxylic acids is 1. The van der Waals surface area contributed by atoms with Crippen LogP contribution in [0.25, 0.3) is 0 Å². The summed E-state index contributed by atoms with van der Waals surface area (Å²) in [6.45, 7) is 8.68. The SMILES string of the molecule is CCNC(=NCC(=O)N1CCC(Cc2ccccc2)CC1)NC(C)COC1CCOC1. The number of carbonyl (C=O) groups is 1.